The van der Waals surface area contributed by atoms with Crippen LogP contribution in [0.3, 0.4) is 0 Å². The Morgan fingerprint density at radius 3 is 2.70 bits per heavy atom. The smallest absolute Gasteiger partial charge is 0.239 e. The van der Waals surface area contributed by atoms with Gasteiger partial charge in [-0.05, 0) is 43.7 Å². The Morgan fingerprint density at radius 1 is 1.35 bits per heavy atom. The van der Waals surface area contributed by atoms with Crippen molar-refractivity contribution < 1.29 is 9.18 Å². The highest BCUT2D eigenvalue weighted by Crippen LogP contribution is 2.10. The Labute approximate surface area is 135 Å². The molecule has 2 rings (SSSR count). The van der Waals surface area contributed by atoms with Crippen LogP contribution in [0.25, 0.3) is 5.69 Å². The molecular weight excluding hydrogens is 295 g/mol. The summed E-state index contributed by atoms with van der Waals surface area (Å²) >= 11 is 0. The zero-order valence-electron chi connectivity index (χ0n) is 13.6. The van der Waals surface area contributed by atoms with E-state index in [1.54, 1.807) is 23.7 Å². The number of nitrogens with two attached hydrogens (primary N) is 1. The summed E-state index contributed by atoms with van der Waals surface area (Å²) in [6.45, 7) is 4.23. The summed E-state index contributed by atoms with van der Waals surface area (Å²) in [5, 5.41) is 7.27. The maximum absolute atomic E-state index is 12.9. The van der Waals surface area contributed by atoms with Crippen molar-refractivity contribution in [1.82, 2.24) is 15.1 Å². The van der Waals surface area contributed by atoms with Gasteiger partial charge >= 0.3 is 0 Å². The molecule has 0 spiro atoms. The molecule has 0 aliphatic carbocycles. The SMILES string of the molecule is CCCC(C)(N)C(=O)NCCc1ccn(-c2ccc(F)cc2)n1. The van der Waals surface area contributed by atoms with Crippen LogP contribution in [0.5, 0.6) is 0 Å². The van der Waals surface area contributed by atoms with E-state index in [4.69, 9.17) is 5.73 Å². The van der Waals surface area contributed by atoms with Crippen molar-refractivity contribution in [2.75, 3.05) is 6.54 Å². The van der Waals surface area contributed by atoms with Crippen LogP contribution >= 0.6 is 0 Å². The van der Waals surface area contributed by atoms with Crippen LogP contribution in [0.4, 0.5) is 4.39 Å². The van der Waals surface area contributed by atoms with Gasteiger partial charge in [0.05, 0.1) is 16.9 Å². The molecule has 2 aromatic rings. The van der Waals surface area contributed by atoms with Gasteiger partial charge in [-0.1, -0.05) is 13.3 Å². The first-order valence-electron chi connectivity index (χ1n) is 7.80. The third-order valence-corrected chi connectivity index (χ3v) is 3.69. The molecule has 1 aromatic heterocycles. The molecule has 0 aliphatic rings. The summed E-state index contributed by atoms with van der Waals surface area (Å²) in [6.07, 6.45) is 3.94. The van der Waals surface area contributed by atoms with Gasteiger partial charge in [-0.15, -0.1) is 0 Å². The molecule has 0 bridgehead atoms. The van der Waals surface area contributed by atoms with Gasteiger partial charge in [0.2, 0.25) is 5.91 Å². The quantitative estimate of drug-likeness (QED) is 0.822. The first-order valence-corrected chi connectivity index (χ1v) is 7.80. The second-order valence-corrected chi connectivity index (χ2v) is 5.90. The summed E-state index contributed by atoms with van der Waals surface area (Å²) < 4.78 is 14.6. The molecule has 0 saturated carbocycles. The van der Waals surface area contributed by atoms with Crippen LogP contribution in [0.1, 0.15) is 32.4 Å². The molecule has 0 fully saturated rings. The van der Waals surface area contributed by atoms with Gasteiger partial charge < -0.3 is 11.1 Å². The Kier molecular flexibility index (Phi) is 5.50. The fourth-order valence-corrected chi connectivity index (χ4v) is 2.37. The topological polar surface area (TPSA) is 72.9 Å². The molecule has 5 nitrogen and oxygen atoms in total. The molecule has 1 atom stereocenters. The van der Waals surface area contributed by atoms with E-state index in [-0.39, 0.29) is 11.7 Å². The van der Waals surface area contributed by atoms with Gasteiger partial charge in [-0.2, -0.15) is 5.10 Å². The molecule has 3 N–H and O–H groups in total. The monoisotopic (exact) mass is 318 g/mol. The van der Waals surface area contributed by atoms with Crippen LogP contribution in [-0.2, 0) is 11.2 Å². The predicted molar refractivity (Wildman–Crippen MR) is 87.7 cm³/mol. The van der Waals surface area contributed by atoms with Crippen molar-refractivity contribution in [2.45, 2.75) is 38.6 Å². The molecule has 6 heteroatoms. The average Bonchev–Trinajstić information content (AvgIpc) is 2.96. The molecular formula is C17H23FN4O. The van der Waals surface area contributed by atoms with Crippen molar-refractivity contribution in [3.8, 4) is 5.69 Å². The normalized spacial score (nSPS) is 13.6. The maximum atomic E-state index is 12.9. The summed E-state index contributed by atoms with van der Waals surface area (Å²) in [6, 6.07) is 8.00. The molecule has 0 aliphatic heterocycles. The van der Waals surface area contributed by atoms with Gasteiger partial charge in [0.15, 0.2) is 0 Å². The van der Waals surface area contributed by atoms with E-state index < -0.39 is 5.54 Å². The molecule has 124 valence electrons. The highest BCUT2D eigenvalue weighted by Gasteiger charge is 2.26. The highest BCUT2D eigenvalue weighted by molar-refractivity contribution is 5.85. The Hall–Kier alpha value is -2.21. The van der Waals surface area contributed by atoms with Gasteiger partial charge in [-0.25, -0.2) is 9.07 Å². The molecule has 1 heterocycles. The largest absolute Gasteiger partial charge is 0.354 e. The van der Waals surface area contributed by atoms with Gasteiger partial charge in [-0.3, -0.25) is 4.79 Å². The van der Waals surface area contributed by atoms with Crippen LogP contribution < -0.4 is 11.1 Å². The highest BCUT2D eigenvalue weighted by atomic mass is 19.1. The van der Waals surface area contributed by atoms with Crippen LogP contribution in [0.2, 0.25) is 0 Å². The number of carbonyl (C=O) groups excluding carboxylic acids is 1. The minimum atomic E-state index is -0.831. The molecule has 0 saturated heterocycles. The zero-order valence-corrected chi connectivity index (χ0v) is 13.6. The number of nitrogens with zero attached hydrogens (tertiary/aromatic N) is 2. The molecule has 0 radical (unpaired) electrons. The van der Waals surface area contributed by atoms with Crippen molar-refractivity contribution in [1.29, 1.82) is 0 Å². The fourth-order valence-electron chi connectivity index (χ4n) is 2.37. The summed E-state index contributed by atoms with van der Waals surface area (Å²) in [7, 11) is 0. The summed E-state index contributed by atoms with van der Waals surface area (Å²) in [5.74, 6) is -0.418. The number of carbonyl (C=O) groups is 1. The third-order valence-electron chi connectivity index (χ3n) is 3.69. The molecule has 1 aromatic carbocycles. The summed E-state index contributed by atoms with van der Waals surface area (Å²) in [5.41, 5.74) is 6.79. The minimum absolute atomic E-state index is 0.141. The number of hydrogen-bond donors (Lipinski definition) is 2. The lowest BCUT2D eigenvalue weighted by molar-refractivity contribution is -0.126. The van der Waals surface area contributed by atoms with E-state index in [0.717, 1.165) is 17.8 Å². The molecule has 1 unspecified atom stereocenters. The van der Waals surface area contributed by atoms with Crippen molar-refractivity contribution in [3.05, 3.63) is 48.0 Å². The minimum Gasteiger partial charge on any atom is -0.354 e. The number of aromatic nitrogens is 2. The second kappa shape index (κ2) is 7.37. The zero-order chi connectivity index (χ0) is 16.9. The van der Waals surface area contributed by atoms with Crippen molar-refractivity contribution >= 4 is 5.91 Å². The Morgan fingerprint density at radius 2 is 2.04 bits per heavy atom. The number of rotatable bonds is 7. The van der Waals surface area contributed by atoms with Gasteiger partial charge in [0, 0.05) is 19.2 Å². The first-order chi connectivity index (χ1) is 10.9. The van der Waals surface area contributed by atoms with E-state index >= 15 is 0 Å². The van der Waals surface area contributed by atoms with Crippen LogP contribution in [-0.4, -0.2) is 27.8 Å². The number of hydrogen-bond acceptors (Lipinski definition) is 3. The Bertz CT molecular complexity index is 649. The standard InChI is InChI=1S/C17H23FN4O/c1-3-10-17(2,19)16(23)20-11-8-14-9-12-22(21-14)15-6-4-13(18)5-7-15/h4-7,9,12H,3,8,10-11,19H2,1-2H3,(H,20,23). The second-order valence-electron chi connectivity index (χ2n) is 5.90. The molecule has 23 heavy (non-hydrogen) atoms. The third kappa shape index (κ3) is 4.63. The molecule has 1 amide bonds. The number of halogens is 1. The first kappa shape index (κ1) is 17.1. The van der Waals surface area contributed by atoms with Crippen molar-refractivity contribution in [2.24, 2.45) is 5.73 Å². The number of nitrogens with one attached hydrogen (secondary N) is 1. The van der Waals surface area contributed by atoms with E-state index in [0.29, 0.717) is 19.4 Å². The maximum Gasteiger partial charge on any atom is 0.239 e. The van der Waals surface area contributed by atoms with E-state index in [1.807, 2.05) is 19.2 Å². The van der Waals surface area contributed by atoms with E-state index in [9.17, 15) is 9.18 Å². The van der Waals surface area contributed by atoms with Crippen molar-refractivity contribution in [3.63, 3.8) is 0 Å². The predicted octanol–water partition coefficient (Wildman–Crippen LogP) is 2.19. The number of benzene rings is 1. The average molecular weight is 318 g/mol. The van der Waals surface area contributed by atoms with Crippen LogP contribution in [0, 0.1) is 5.82 Å². The summed E-state index contributed by atoms with van der Waals surface area (Å²) in [4.78, 5) is 12.0. The number of amides is 1. The fraction of sp³-hybridized carbons (Fsp3) is 0.412. The van der Waals surface area contributed by atoms with Gasteiger partial charge in [0.1, 0.15) is 5.82 Å². The lowest BCUT2D eigenvalue weighted by Crippen LogP contribution is -2.51. The Balaban J connectivity index is 1.88. The van der Waals surface area contributed by atoms with Crippen LogP contribution in [0.15, 0.2) is 36.5 Å². The lowest BCUT2D eigenvalue weighted by atomic mass is 9.96. The van der Waals surface area contributed by atoms with E-state index in [1.165, 1.54) is 12.1 Å². The van der Waals surface area contributed by atoms with E-state index in [2.05, 4.69) is 10.4 Å². The lowest BCUT2D eigenvalue weighted by Gasteiger charge is -2.22. The van der Waals surface area contributed by atoms with Gasteiger partial charge in [0.25, 0.3) is 0 Å².